The molecule has 2 aromatic rings. The number of aromatic nitrogens is 3. The molecule has 1 aromatic carbocycles. The largest absolute Gasteiger partial charge is 0.482 e. The third-order valence-corrected chi connectivity index (χ3v) is 3.61. The molecular formula is C15H18Cl2N4O2. The van der Waals surface area contributed by atoms with Gasteiger partial charge in [-0.3, -0.25) is 9.48 Å². The smallest absolute Gasteiger partial charge is 0.257 e. The lowest BCUT2D eigenvalue weighted by Crippen LogP contribution is -2.30. The third kappa shape index (κ3) is 5.41. The van der Waals surface area contributed by atoms with Gasteiger partial charge in [0.1, 0.15) is 17.4 Å². The molecule has 0 bridgehead atoms. The fraction of sp³-hybridized carbons (Fsp3) is 0.400. The van der Waals surface area contributed by atoms with Gasteiger partial charge in [-0.05, 0) is 38.5 Å². The predicted octanol–water partition coefficient (Wildman–Crippen LogP) is 2.79. The number of aryl methyl sites for hydroxylation is 3. The van der Waals surface area contributed by atoms with Crippen LogP contribution in [0.25, 0.3) is 0 Å². The average molecular weight is 357 g/mol. The van der Waals surface area contributed by atoms with Crippen LogP contribution < -0.4 is 10.1 Å². The van der Waals surface area contributed by atoms with Gasteiger partial charge in [0.05, 0.1) is 5.02 Å². The van der Waals surface area contributed by atoms with Crippen molar-refractivity contribution in [1.82, 2.24) is 20.1 Å². The van der Waals surface area contributed by atoms with E-state index in [0.717, 1.165) is 18.1 Å². The molecule has 1 heterocycles. The van der Waals surface area contributed by atoms with Gasteiger partial charge in [0.25, 0.3) is 5.91 Å². The van der Waals surface area contributed by atoms with Gasteiger partial charge in [-0.25, -0.2) is 4.98 Å². The van der Waals surface area contributed by atoms with E-state index < -0.39 is 0 Å². The molecule has 0 aliphatic carbocycles. The first-order valence-electron chi connectivity index (χ1n) is 7.18. The molecule has 6 nitrogen and oxygen atoms in total. The second-order valence-corrected chi connectivity index (χ2v) is 5.84. The van der Waals surface area contributed by atoms with Crippen molar-refractivity contribution >= 4 is 29.1 Å². The van der Waals surface area contributed by atoms with Gasteiger partial charge in [-0.15, -0.1) is 0 Å². The van der Waals surface area contributed by atoms with E-state index in [1.165, 1.54) is 0 Å². The van der Waals surface area contributed by atoms with Crippen LogP contribution in [0.3, 0.4) is 0 Å². The van der Waals surface area contributed by atoms with Crippen LogP contribution in [0.15, 0.2) is 18.2 Å². The number of hydrogen-bond acceptors (Lipinski definition) is 4. The first-order chi connectivity index (χ1) is 11.0. The SMILES string of the molecule is Cc1nc(C)n(CCCNC(=O)COc2ccc(Cl)cc2Cl)n1. The minimum absolute atomic E-state index is 0.0944. The molecule has 23 heavy (non-hydrogen) atoms. The molecule has 1 aromatic heterocycles. The quantitative estimate of drug-likeness (QED) is 0.774. The highest BCUT2D eigenvalue weighted by atomic mass is 35.5. The fourth-order valence-corrected chi connectivity index (χ4v) is 2.48. The van der Waals surface area contributed by atoms with Crippen LogP contribution in [0, 0.1) is 13.8 Å². The first-order valence-corrected chi connectivity index (χ1v) is 7.94. The van der Waals surface area contributed by atoms with Crippen LogP contribution in [-0.4, -0.2) is 33.8 Å². The Kier molecular flexibility index (Phi) is 6.24. The van der Waals surface area contributed by atoms with Crippen molar-refractivity contribution in [3.63, 3.8) is 0 Å². The van der Waals surface area contributed by atoms with E-state index >= 15 is 0 Å². The Morgan fingerprint density at radius 1 is 1.35 bits per heavy atom. The number of ether oxygens (including phenoxy) is 1. The maximum Gasteiger partial charge on any atom is 0.257 e. The van der Waals surface area contributed by atoms with E-state index in [-0.39, 0.29) is 12.5 Å². The molecular weight excluding hydrogens is 339 g/mol. The molecule has 8 heteroatoms. The fourth-order valence-electron chi connectivity index (χ4n) is 2.02. The maximum absolute atomic E-state index is 11.7. The molecule has 0 aliphatic heterocycles. The number of hydrogen-bond donors (Lipinski definition) is 1. The van der Waals surface area contributed by atoms with Gasteiger partial charge >= 0.3 is 0 Å². The Bertz CT molecular complexity index is 688. The highest BCUT2D eigenvalue weighted by Gasteiger charge is 2.07. The highest BCUT2D eigenvalue weighted by molar-refractivity contribution is 6.35. The van der Waals surface area contributed by atoms with Gasteiger partial charge in [0.15, 0.2) is 6.61 Å². The summed E-state index contributed by atoms with van der Waals surface area (Å²) < 4.78 is 7.19. The maximum atomic E-state index is 11.7. The molecule has 0 saturated carbocycles. The molecule has 0 spiro atoms. The van der Waals surface area contributed by atoms with Crippen LogP contribution >= 0.6 is 23.2 Å². The molecule has 0 unspecified atom stereocenters. The molecule has 0 radical (unpaired) electrons. The van der Waals surface area contributed by atoms with Crippen LogP contribution in [0.2, 0.25) is 10.0 Å². The number of nitrogens with zero attached hydrogens (tertiary/aromatic N) is 3. The van der Waals surface area contributed by atoms with E-state index in [1.807, 2.05) is 18.5 Å². The van der Waals surface area contributed by atoms with Crippen molar-refractivity contribution in [2.75, 3.05) is 13.2 Å². The number of halogens is 2. The molecule has 0 atom stereocenters. The van der Waals surface area contributed by atoms with Crippen LogP contribution in [-0.2, 0) is 11.3 Å². The van der Waals surface area contributed by atoms with Crippen molar-refractivity contribution in [2.45, 2.75) is 26.8 Å². The van der Waals surface area contributed by atoms with E-state index in [9.17, 15) is 4.79 Å². The van der Waals surface area contributed by atoms with Crippen molar-refractivity contribution < 1.29 is 9.53 Å². The Morgan fingerprint density at radius 3 is 2.78 bits per heavy atom. The van der Waals surface area contributed by atoms with Gasteiger partial charge in [0.2, 0.25) is 0 Å². The summed E-state index contributed by atoms with van der Waals surface area (Å²) in [6, 6.07) is 4.86. The van der Waals surface area contributed by atoms with E-state index in [0.29, 0.717) is 28.9 Å². The Hall–Kier alpha value is -1.79. The second kappa shape index (κ2) is 8.17. The monoisotopic (exact) mass is 356 g/mol. The summed E-state index contributed by atoms with van der Waals surface area (Å²) in [7, 11) is 0. The summed E-state index contributed by atoms with van der Waals surface area (Å²) >= 11 is 11.8. The van der Waals surface area contributed by atoms with Gasteiger partial charge in [-0.1, -0.05) is 23.2 Å². The highest BCUT2D eigenvalue weighted by Crippen LogP contribution is 2.27. The summed E-state index contributed by atoms with van der Waals surface area (Å²) in [6.45, 7) is 4.90. The van der Waals surface area contributed by atoms with Crippen molar-refractivity contribution in [1.29, 1.82) is 0 Å². The normalized spacial score (nSPS) is 10.6. The zero-order valence-electron chi connectivity index (χ0n) is 13.0. The summed E-state index contributed by atoms with van der Waals surface area (Å²) in [5, 5.41) is 7.94. The van der Waals surface area contributed by atoms with Crippen molar-refractivity contribution in [3.05, 3.63) is 39.9 Å². The average Bonchev–Trinajstić information content (AvgIpc) is 2.80. The number of rotatable bonds is 7. The van der Waals surface area contributed by atoms with Gasteiger partial charge in [-0.2, -0.15) is 5.10 Å². The molecule has 1 N–H and O–H groups in total. The van der Waals surface area contributed by atoms with E-state index in [2.05, 4.69) is 15.4 Å². The van der Waals surface area contributed by atoms with Crippen LogP contribution in [0.4, 0.5) is 0 Å². The Labute approximate surface area is 144 Å². The molecule has 0 saturated heterocycles. The van der Waals surface area contributed by atoms with Gasteiger partial charge < -0.3 is 10.1 Å². The van der Waals surface area contributed by atoms with Crippen LogP contribution in [0.1, 0.15) is 18.1 Å². The number of nitrogens with one attached hydrogen (secondary N) is 1. The van der Waals surface area contributed by atoms with Crippen LogP contribution in [0.5, 0.6) is 5.75 Å². The standard InChI is InChI=1S/C15H18Cl2N4O2/c1-10-19-11(2)21(20-10)7-3-6-18-15(22)9-23-14-5-4-12(16)8-13(14)17/h4-5,8H,3,6-7,9H2,1-2H3,(H,18,22). The lowest BCUT2D eigenvalue weighted by Gasteiger charge is -2.09. The summed E-state index contributed by atoms with van der Waals surface area (Å²) in [6.07, 6.45) is 0.761. The second-order valence-electron chi connectivity index (χ2n) is 5.00. The minimum Gasteiger partial charge on any atom is -0.482 e. The number of carbonyl (C=O) groups is 1. The number of amides is 1. The zero-order chi connectivity index (χ0) is 16.8. The van der Waals surface area contributed by atoms with Gasteiger partial charge in [0, 0.05) is 18.1 Å². The summed E-state index contributed by atoms with van der Waals surface area (Å²) in [5.74, 6) is 1.84. The minimum atomic E-state index is -0.206. The molecule has 0 fully saturated rings. The summed E-state index contributed by atoms with van der Waals surface area (Å²) in [4.78, 5) is 16.0. The topological polar surface area (TPSA) is 69.0 Å². The lowest BCUT2D eigenvalue weighted by atomic mass is 10.3. The molecule has 1 amide bonds. The van der Waals surface area contributed by atoms with E-state index in [1.54, 1.807) is 18.2 Å². The Balaban J connectivity index is 1.68. The number of carbonyl (C=O) groups excluding carboxylic acids is 1. The van der Waals surface area contributed by atoms with Crippen molar-refractivity contribution in [2.24, 2.45) is 0 Å². The molecule has 2 rings (SSSR count). The number of benzene rings is 1. The third-order valence-electron chi connectivity index (χ3n) is 3.08. The lowest BCUT2D eigenvalue weighted by molar-refractivity contribution is -0.123. The molecule has 0 aliphatic rings. The first kappa shape index (κ1) is 17.6. The predicted molar refractivity (Wildman–Crippen MR) is 89.1 cm³/mol. The Morgan fingerprint density at radius 2 is 2.13 bits per heavy atom. The molecule has 124 valence electrons. The zero-order valence-corrected chi connectivity index (χ0v) is 14.5. The summed E-state index contributed by atoms with van der Waals surface area (Å²) in [5.41, 5.74) is 0. The van der Waals surface area contributed by atoms with E-state index in [4.69, 9.17) is 27.9 Å². The van der Waals surface area contributed by atoms with Crippen molar-refractivity contribution in [3.8, 4) is 5.75 Å².